The number of carboxylic acid groups (broad SMARTS) is 1. The Labute approximate surface area is 506 Å². The third-order valence-electron chi connectivity index (χ3n) is 13.1. The number of H-pyrrole nitrogens is 1. The van der Waals surface area contributed by atoms with Gasteiger partial charge in [-0.05, 0) is 49.3 Å². The van der Waals surface area contributed by atoms with Crippen LogP contribution in [0.1, 0.15) is 56.1 Å². The first-order valence-electron chi connectivity index (χ1n) is 27.1. The number of aliphatic hydroxyl groups excluding tert-OH is 1. The van der Waals surface area contributed by atoms with E-state index in [0.29, 0.717) is 17.5 Å². The number of hydrogen-bond acceptors (Lipinski definition) is 17. The zero-order valence-electron chi connectivity index (χ0n) is 47.2. The molecule has 0 aliphatic carbocycles. The zero-order chi connectivity index (χ0) is 63.5. The SMILES string of the molecule is C=C(C[C@H](NC(=O)[C@H](CCC(=O)O)NC(=O)[C@H](CS)NC(=O)CN1C(=O)[C@@H](CCCN=C(N)N)NC1O)C(=O)N[C@H](Cc1ccccc1)C(=O)N[C@@H](CCCN=C(N)N)C(=O)N[C@@H](Cc1c[nH]c2ccccc12)C(=O)N[C@@H](CS)C(N)=O)NC=NC. The maximum atomic E-state index is 14.8. The molecule has 2 heterocycles. The van der Waals surface area contributed by atoms with E-state index in [4.69, 9.17) is 28.7 Å². The Kier molecular flexibility index (Phi) is 28.6. The molecule has 2 aromatic carbocycles. The number of para-hydroxylation sites is 1. The molecule has 22 N–H and O–H groups in total. The molecule has 33 heteroatoms. The normalized spacial score (nSPS) is 16.2. The summed E-state index contributed by atoms with van der Waals surface area (Å²) in [4.78, 5) is 152. The Morgan fingerprint density at radius 2 is 1.21 bits per heavy atom. The molecule has 9 amide bonds. The van der Waals surface area contributed by atoms with Gasteiger partial charge in [-0.3, -0.25) is 73.1 Å². The van der Waals surface area contributed by atoms with Crippen molar-refractivity contribution in [2.24, 2.45) is 43.6 Å². The van der Waals surface area contributed by atoms with Crippen LogP contribution in [0.15, 0.2) is 88.0 Å². The molecule has 1 aliphatic rings. The fraction of sp³-hybridized carbons (Fsp3) is 0.453. The Balaban J connectivity index is 1.62. The van der Waals surface area contributed by atoms with Crippen molar-refractivity contribution < 1.29 is 58.2 Å². The molecule has 0 bridgehead atoms. The largest absolute Gasteiger partial charge is 0.481 e. The number of fused-ring (bicyclic) bond motifs is 1. The fourth-order valence-corrected chi connectivity index (χ4v) is 9.26. The first-order chi connectivity index (χ1) is 40.9. The van der Waals surface area contributed by atoms with Gasteiger partial charge >= 0.3 is 5.97 Å². The van der Waals surface area contributed by atoms with Gasteiger partial charge in [0.05, 0.1) is 12.4 Å². The van der Waals surface area contributed by atoms with Gasteiger partial charge in [-0.2, -0.15) is 25.3 Å². The lowest BCUT2D eigenvalue weighted by atomic mass is 10.0. The number of hydrogen-bond donors (Lipinski definition) is 19. The Bertz CT molecular complexity index is 2960. The summed E-state index contributed by atoms with van der Waals surface area (Å²) in [5.41, 5.74) is 29.3. The quantitative estimate of drug-likeness (QED) is 0.0111. The minimum atomic E-state index is -1.69. The van der Waals surface area contributed by atoms with Gasteiger partial charge in [0.15, 0.2) is 18.3 Å². The van der Waals surface area contributed by atoms with Crippen molar-refractivity contribution in [1.29, 1.82) is 0 Å². The zero-order valence-corrected chi connectivity index (χ0v) is 49.0. The van der Waals surface area contributed by atoms with Gasteiger partial charge in [-0.25, -0.2) is 0 Å². The minimum absolute atomic E-state index is 0.00280. The second-order valence-corrected chi connectivity index (χ2v) is 20.5. The van der Waals surface area contributed by atoms with Crippen LogP contribution >= 0.6 is 25.3 Å². The molecular weight excluding hydrogens is 1160 g/mol. The van der Waals surface area contributed by atoms with E-state index in [1.165, 1.54) is 13.4 Å². The highest BCUT2D eigenvalue weighted by atomic mass is 32.1. The number of aliphatic imine (C=N–C) groups is 3. The Morgan fingerprint density at radius 1 is 0.686 bits per heavy atom. The smallest absolute Gasteiger partial charge is 0.303 e. The number of rotatable bonds is 37. The minimum Gasteiger partial charge on any atom is -0.481 e. The number of carboxylic acids is 1. The molecule has 3 aromatic rings. The second kappa shape index (κ2) is 35.4. The summed E-state index contributed by atoms with van der Waals surface area (Å²) < 4.78 is 0. The molecule has 468 valence electrons. The van der Waals surface area contributed by atoms with Crippen molar-refractivity contribution in [3.05, 3.63) is 84.2 Å². The van der Waals surface area contributed by atoms with Crippen LogP contribution in [-0.2, 0) is 60.8 Å². The molecule has 0 saturated carbocycles. The maximum Gasteiger partial charge on any atom is 0.303 e. The molecule has 1 aliphatic heterocycles. The van der Waals surface area contributed by atoms with E-state index in [1.54, 1.807) is 54.7 Å². The summed E-state index contributed by atoms with van der Waals surface area (Å²) in [5.74, 6) is -10.4. The van der Waals surface area contributed by atoms with Crippen molar-refractivity contribution in [2.75, 3.05) is 38.2 Å². The Morgan fingerprint density at radius 3 is 1.80 bits per heavy atom. The number of carbonyl (C=O) groups is 10. The molecular formula is C53H77N19O12S2. The first-order valence-corrected chi connectivity index (χ1v) is 28.3. The summed E-state index contributed by atoms with van der Waals surface area (Å²) in [6.07, 6.45) is -0.0631. The third-order valence-corrected chi connectivity index (χ3v) is 13.9. The summed E-state index contributed by atoms with van der Waals surface area (Å²) in [6, 6.07) is 4.33. The number of aliphatic hydroxyl groups is 1. The van der Waals surface area contributed by atoms with E-state index in [2.05, 4.69) is 99.6 Å². The second-order valence-electron chi connectivity index (χ2n) is 19.7. The highest BCUT2D eigenvalue weighted by Crippen LogP contribution is 2.20. The third kappa shape index (κ3) is 22.9. The standard InChI is InChI=1S/C53H77N19O12S2/c1-28(63-27-59-2)20-36(67-45(78)34(16-17-42(74)75)66-49(82)40(26-86)64-41(73)24-72-50(83)35(71-53(72)84)15-9-19-61-52(57)58)46(79)68-37(21-29-10-4-3-5-11-29)47(80)65-33(14-8-18-60-51(55)56)44(77)69-38(48(81)70-39(25-85)43(54)76)22-30-23-62-32-13-7-6-12-31(30)32/h3-7,10-13,23,27,33-40,53,62,71,84-86H,1,8-9,14-22,24-26H2,2H3,(H2,54,76)(H,59,63)(H,64,73)(H,65,80)(H,66,82)(H,67,78)(H,68,79)(H,69,77)(H,70,81)(H,74,75)(H4,55,56,60)(H4,57,58,61)/t33-,34-,35+,36-,37+,38-,39-,40-,53?/m0/s1. The number of benzene rings is 2. The summed E-state index contributed by atoms with van der Waals surface area (Å²) in [7, 11) is 1.44. The molecule has 86 heavy (non-hydrogen) atoms. The molecule has 0 spiro atoms. The highest BCUT2D eigenvalue weighted by Gasteiger charge is 2.40. The van der Waals surface area contributed by atoms with Crippen LogP contribution in [-0.4, -0.2) is 190 Å². The van der Waals surface area contributed by atoms with E-state index >= 15 is 0 Å². The fourth-order valence-electron chi connectivity index (χ4n) is 8.73. The molecule has 0 radical (unpaired) electrons. The lowest BCUT2D eigenvalue weighted by Gasteiger charge is -2.28. The number of primary amides is 1. The van der Waals surface area contributed by atoms with Crippen LogP contribution in [0.25, 0.3) is 10.9 Å². The topological polar surface area (TPSA) is 506 Å². The van der Waals surface area contributed by atoms with Gasteiger partial charge in [-0.15, -0.1) is 0 Å². The number of nitrogens with one attached hydrogen (secondary N) is 10. The van der Waals surface area contributed by atoms with E-state index in [0.717, 1.165) is 15.8 Å². The summed E-state index contributed by atoms with van der Waals surface area (Å²) in [5, 5.41) is 44.3. The van der Waals surface area contributed by atoms with Crippen molar-refractivity contribution in [2.45, 2.75) is 112 Å². The predicted octanol–water partition coefficient (Wildman–Crippen LogP) is -5.11. The van der Waals surface area contributed by atoms with Gasteiger partial charge in [0.1, 0.15) is 48.8 Å². The monoisotopic (exact) mass is 1240 g/mol. The lowest BCUT2D eigenvalue weighted by Crippen LogP contribution is -2.61. The van der Waals surface area contributed by atoms with Gasteiger partial charge in [0, 0.05) is 80.1 Å². The number of amides is 9. The van der Waals surface area contributed by atoms with Gasteiger partial charge in [0.2, 0.25) is 53.2 Å². The van der Waals surface area contributed by atoms with Crippen LogP contribution < -0.4 is 76.5 Å². The van der Waals surface area contributed by atoms with Crippen molar-refractivity contribution >= 4 is 114 Å². The molecule has 31 nitrogen and oxygen atoms in total. The summed E-state index contributed by atoms with van der Waals surface area (Å²) >= 11 is 8.33. The van der Waals surface area contributed by atoms with E-state index in [-0.39, 0.29) is 74.3 Å². The van der Waals surface area contributed by atoms with Crippen LogP contribution in [0.3, 0.4) is 0 Å². The molecule has 4 rings (SSSR count). The maximum absolute atomic E-state index is 14.8. The van der Waals surface area contributed by atoms with E-state index in [1.807, 2.05) is 6.07 Å². The van der Waals surface area contributed by atoms with Crippen molar-refractivity contribution in [1.82, 2.24) is 57.7 Å². The number of thiol groups is 2. The number of nitrogens with zero attached hydrogens (tertiary/aromatic N) is 4. The number of aromatic amines is 1. The van der Waals surface area contributed by atoms with Crippen LogP contribution in [0.2, 0.25) is 0 Å². The number of aliphatic carboxylic acids is 1. The molecule has 1 fully saturated rings. The number of carbonyl (C=O) groups excluding carboxylic acids is 9. The molecule has 1 aromatic heterocycles. The number of nitrogens with two attached hydrogens (primary N) is 5. The van der Waals surface area contributed by atoms with Crippen LogP contribution in [0.4, 0.5) is 0 Å². The van der Waals surface area contributed by atoms with Crippen LogP contribution in [0.5, 0.6) is 0 Å². The van der Waals surface area contributed by atoms with Crippen molar-refractivity contribution in [3.8, 4) is 0 Å². The van der Waals surface area contributed by atoms with E-state index < -0.39 is 140 Å². The average Bonchev–Trinajstić information content (AvgIpc) is 3.09. The van der Waals surface area contributed by atoms with Gasteiger partial charge < -0.3 is 86.4 Å². The molecule has 1 unspecified atom stereocenters. The molecule has 9 atom stereocenters. The first kappa shape index (κ1) is 69.5. The van der Waals surface area contributed by atoms with Crippen molar-refractivity contribution in [3.63, 3.8) is 0 Å². The van der Waals surface area contributed by atoms with Gasteiger partial charge in [0.25, 0.3) is 0 Å². The average molecular weight is 1240 g/mol. The molecule has 1 saturated heterocycles. The summed E-state index contributed by atoms with van der Waals surface area (Å²) in [6.45, 7) is 3.40. The van der Waals surface area contributed by atoms with Crippen LogP contribution in [0, 0.1) is 0 Å². The highest BCUT2D eigenvalue weighted by molar-refractivity contribution is 7.80. The number of guanidine groups is 2. The number of aromatic nitrogens is 1. The van der Waals surface area contributed by atoms with Gasteiger partial charge in [-0.1, -0.05) is 55.1 Å². The Hall–Kier alpha value is -8.95. The van der Waals surface area contributed by atoms with E-state index in [9.17, 15) is 58.2 Å². The predicted molar refractivity (Wildman–Crippen MR) is 325 cm³/mol. The lowest BCUT2D eigenvalue weighted by molar-refractivity contribution is -0.141.